The van der Waals surface area contributed by atoms with Crippen LogP contribution in [0.25, 0.3) is 0 Å². The van der Waals surface area contributed by atoms with Crippen molar-refractivity contribution < 1.29 is 9.18 Å². The first-order valence-corrected chi connectivity index (χ1v) is 11.8. The number of para-hydroxylation sites is 1. The average Bonchev–Trinajstić information content (AvgIpc) is 3.27. The van der Waals surface area contributed by atoms with Crippen molar-refractivity contribution in [2.45, 2.75) is 45.6 Å². The van der Waals surface area contributed by atoms with Crippen molar-refractivity contribution in [2.24, 2.45) is 0 Å². The Morgan fingerprint density at radius 3 is 2.52 bits per heavy atom. The van der Waals surface area contributed by atoms with E-state index in [9.17, 15) is 9.18 Å². The minimum atomic E-state index is -0.351. The van der Waals surface area contributed by atoms with E-state index in [1.165, 1.54) is 31.4 Å². The second-order valence-corrected chi connectivity index (χ2v) is 9.12. The van der Waals surface area contributed by atoms with Gasteiger partial charge in [-0.2, -0.15) is 0 Å². The van der Waals surface area contributed by atoms with Gasteiger partial charge in [0.25, 0.3) is 5.91 Å². The molecular formula is C25H28FN3OS. The molecule has 0 spiro atoms. The highest BCUT2D eigenvalue weighted by molar-refractivity contribution is 7.13. The molecule has 0 atom stereocenters. The highest BCUT2D eigenvalue weighted by atomic mass is 32.1. The summed E-state index contributed by atoms with van der Waals surface area (Å²) in [4.78, 5) is 22.5. The lowest BCUT2D eigenvalue weighted by Crippen LogP contribution is -2.32. The second-order valence-electron chi connectivity index (χ2n) is 8.28. The fourth-order valence-corrected chi connectivity index (χ4v) is 4.87. The molecule has 4 nitrogen and oxygen atoms in total. The summed E-state index contributed by atoms with van der Waals surface area (Å²) in [5, 5.41) is 3.08. The second kappa shape index (κ2) is 9.60. The summed E-state index contributed by atoms with van der Waals surface area (Å²) >= 11 is 1.64. The standard InChI is InChI=1S/C25H28FN3OS/c1-18(2)22-8-4-5-9-23(22)29(24(30)19-10-12-20(26)13-11-19)16-21-17-31-25(27-21)28-14-6-3-7-15-28/h4-5,8-13,17-18H,3,6-7,14-16H2,1-2H3. The van der Waals surface area contributed by atoms with Crippen molar-refractivity contribution in [1.82, 2.24) is 4.98 Å². The molecular weight excluding hydrogens is 409 g/mol. The number of thiazole rings is 1. The SMILES string of the molecule is CC(C)c1ccccc1N(Cc1csc(N2CCCCC2)n1)C(=O)c1ccc(F)cc1. The number of halogens is 1. The van der Waals surface area contributed by atoms with E-state index in [-0.39, 0.29) is 17.6 Å². The average molecular weight is 438 g/mol. The summed E-state index contributed by atoms with van der Waals surface area (Å²) in [5.74, 6) is -0.240. The molecule has 0 aliphatic carbocycles. The van der Waals surface area contributed by atoms with E-state index in [1.54, 1.807) is 28.4 Å². The van der Waals surface area contributed by atoms with Crippen LogP contribution in [0.2, 0.25) is 0 Å². The van der Waals surface area contributed by atoms with Gasteiger partial charge < -0.3 is 9.80 Å². The van der Waals surface area contributed by atoms with Crippen molar-refractivity contribution >= 4 is 28.1 Å². The smallest absolute Gasteiger partial charge is 0.258 e. The first kappa shape index (κ1) is 21.5. The van der Waals surface area contributed by atoms with E-state index in [1.807, 2.05) is 23.6 Å². The number of hydrogen-bond acceptors (Lipinski definition) is 4. The Kier molecular flexibility index (Phi) is 6.66. The van der Waals surface area contributed by atoms with Crippen LogP contribution < -0.4 is 9.80 Å². The predicted octanol–water partition coefficient (Wildman–Crippen LogP) is 6.24. The molecule has 0 unspecified atom stereocenters. The molecule has 0 saturated carbocycles. The summed E-state index contributed by atoms with van der Waals surface area (Å²) in [6.45, 7) is 6.71. The highest BCUT2D eigenvalue weighted by Gasteiger charge is 2.23. The maximum absolute atomic E-state index is 13.5. The monoisotopic (exact) mass is 437 g/mol. The van der Waals surface area contributed by atoms with Gasteiger partial charge in [-0.1, -0.05) is 32.0 Å². The molecule has 2 heterocycles. The van der Waals surface area contributed by atoms with E-state index < -0.39 is 0 Å². The molecule has 1 saturated heterocycles. The van der Waals surface area contributed by atoms with Gasteiger partial charge in [-0.05, 0) is 61.1 Å². The number of benzene rings is 2. The molecule has 1 aromatic heterocycles. The normalized spacial score (nSPS) is 14.1. The van der Waals surface area contributed by atoms with Crippen molar-refractivity contribution in [3.8, 4) is 0 Å². The van der Waals surface area contributed by atoms with E-state index >= 15 is 0 Å². The molecule has 0 bridgehead atoms. The van der Waals surface area contributed by atoms with Crippen molar-refractivity contribution in [1.29, 1.82) is 0 Å². The number of aromatic nitrogens is 1. The van der Waals surface area contributed by atoms with Crippen LogP contribution in [0.5, 0.6) is 0 Å². The zero-order chi connectivity index (χ0) is 21.8. The molecule has 1 amide bonds. The summed E-state index contributed by atoms with van der Waals surface area (Å²) < 4.78 is 13.4. The molecule has 1 aliphatic heterocycles. The van der Waals surface area contributed by atoms with E-state index in [4.69, 9.17) is 4.98 Å². The van der Waals surface area contributed by atoms with E-state index in [2.05, 4.69) is 24.8 Å². The number of anilines is 2. The van der Waals surface area contributed by atoms with Crippen LogP contribution in [-0.4, -0.2) is 24.0 Å². The number of rotatable bonds is 6. The molecule has 31 heavy (non-hydrogen) atoms. The van der Waals surface area contributed by atoms with Crippen molar-refractivity contribution in [3.05, 3.63) is 76.5 Å². The van der Waals surface area contributed by atoms with Gasteiger partial charge in [-0.3, -0.25) is 4.79 Å². The first-order chi connectivity index (χ1) is 15.0. The Hall–Kier alpha value is -2.73. The van der Waals surface area contributed by atoms with Crippen LogP contribution in [-0.2, 0) is 6.54 Å². The first-order valence-electron chi connectivity index (χ1n) is 10.9. The van der Waals surface area contributed by atoms with Crippen LogP contribution in [0.4, 0.5) is 15.2 Å². The molecule has 2 aromatic carbocycles. The van der Waals surface area contributed by atoms with Gasteiger partial charge >= 0.3 is 0 Å². The molecule has 1 fully saturated rings. The number of piperidine rings is 1. The zero-order valence-corrected chi connectivity index (χ0v) is 18.9. The van der Waals surface area contributed by atoms with Crippen LogP contribution in [0.3, 0.4) is 0 Å². The van der Waals surface area contributed by atoms with Crippen LogP contribution in [0, 0.1) is 5.82 Å². The maximum atomic E-state index is 13.5. The zero-order valence-electron chi connectivity index (χ0n) is 18.1. The highest BCUT2D eigenvalue weighted by Crippen LogP contribution is 2.31. The molecule has 0 N–H and O–H groups in total. The van der Waals surface area contributed by atoms with E-state index in [0.717, 1.165) is 35.2 Å². The van der Waals surface area contributed by atoms with Gasteiger partial charge in [0.15, 0.2) is 5.13 Å². The molecule has 1 aliphatic rings. The Morgan fingerprint density at radius 2 is 1.81 bits per heavy atom. The summed E-state index contributed by atoms with van der Waals surface area (Å²) in [6, 6.07) is 13.7. The topological polar surface area (TPSA) is 36.4 Å². The summed E-state index contributed by atoms with van der Waals surface area (Å²) in [7, 11) is 0. The number of carbonyl (C=O) groups is 1. The maximum Gasteiger partial charge on any atom is 0.258 e. The Labute approximate surface area is 187 Å². The lowest BCUT2D eigenvalue weighted by atomic mass is 9.99. The number of nitrogens with zero attached hydrogens (tertiary/aromatic N) is 3. The van der Waals surface area contributed by atoms with Gasteiger partial charge in [-0.25, -0.2) is 9.37 Å². The summed E-state index contributed by atoms with van der Waals surface area (Å²) in [6.07, 6.45) is 3.68. The van der Waals surface area contributed by atoms with Gasteiger partial charge in [-0.15, -0.1) is 11.3 Å². The minimum Gasteiger partial charge on any atom is -0.348 e. The van der Waals surface area contributed by atoms with Gasteiger partial charge in [0.2, 0.25) is 0 Å². The van der Waals surface area contributed by atoms with Crippen LogP contribution >= 0.6 is 11.3 Å². The molecule has 162 valence electrons. The number of amides is 1. The van der Waals surface area contributed by atoms with Crippen molar-refractivity contribution in [3.63, 3.8) is 0 Å². The van der Waals surface area contributed by atoms with E-state index in [0.29, 0.717) is 12.1 Å². The molecule has 6 heteroatoms. The fraction of sp³-hybridized carbons (Fsp3) is 0.360. The predicted molar refractivity (Wildman–Crippen MR) is 126 cm³/mol. The van der Waals surface area contributed by atoms with Gasteiger partial charge in [0.05, 0.1) is 12.2 Å². The van der Waals surface area contributed by atoms with Crippen molar-refractivity contribution in [2.75, 3.05) is 22.9 Å². The lowest BCUT2D eigenvalue weighted by molar-refractivity contribution is 0.0984. The van der Waals surface area contributed by atoms with Crippen LogP contribution in [0.15, 0.2) is 53.9 Å². The van der Waals surface area contributed by atoms with Gasteiger partial charge in [0.1, 0.15) is 5.82 Å². The Bertz CT molecular complexity index is 1030. The third-order valence-electron chi connectivity index (χ3n) is 5.67. The lowest BCUT2D eigenvalue weighted by Gasteiger charge is -2.27. The Balaban J connectivity index is 1.67. The Morgan fingerprint density at radius 1 is 1.10 bits per heavy atom. The minimum absolute atomic E-state index is 0.152. The van der Waals surface area contributed by atoms with Crippen LogP contribution in [0.1, 0.15) is 60.6 Å². The summed E-state index contributed by atoms with van der Waals surface area (Å²) in [5.41, 5.74) is 3.31. The number of hydrogen-bond donors (Lipinski definition) is 0. The third-order valence-corrected chi connectivity index (χ3v) is 6.62. The van der Waals surface area contributed by atoms with Gasteiger partial charge in [0, 0.05) is 29.7 Å². The quantitative estimate of drug-likeness (QED) is 0.458. The third kappa shape index (κ3) is 4.96. The largest absolute Gasteiger partial charge is 0.348 e. The fourth-order valence-electron chi connectivity index (χ4n) is 4.00. The molecule has 3 aromatic rings. The molecule has 4 rings (SSSR count). The number of carbonyl (C=O) groups excluding carboxylic acids is 1. The molecule has 0 radical (unpaired) electrons.